The van der Waals surface area contributed by atoms with Gasteiger partial charge in [-0.15, -0.1) is 0 Å². The molecule has 0 aliphatic heterocycles. The van der Waals surface area contributed by atoms with E-state index in [9.17, 15) is 8.78 Å². The second kappa shape index (κ2) is 16.4. The lowest BCUT2D eigenvalue weighted by atomic mass is 9.72. The molecule has 362 valence electrons. The highest BCUT2D eigenvalue weighted by molar-refractivity contribution is 6.33. The van der Waals surface area contributed by atoms with Crippen LogP contribution in [0.15, 0.2) is 243 Å². The topological polar surface area (TPSA) is 0 Å². The molecule has 0 fully saturated rings. The van der Waals surface area contributed by atoms with Crippen LogP contribution in [-0.2, 0) is 0 Å². The van der Waals surface area contributed by atoms with Crippen LogP contribution in [0.1, 0.15) is 34.1 Å². The highest BCUT2D eigenvalue weighted by Crippen LogP contribution is 2.65. The lowest BCUT2D eigenvalue weighted by molar-refractivity contribution is 0.627. The van der Waals surface area contributed by atoms with E-state index in [0.29, 0.717) is 0 Å². The fraction of sp³-hybridized carbons (Fsp3) is 0.0263. The van der Waals surface area contributed by atoms with E-state index in [-0.39, 0.29) is 23.5 Å². The lowest BCUT2D eigenvalue weighted by Gasteiger charge is -2.30. The second-order valence-electron chi connectivity index (χ2n) is 21.4. The van der Waals surface area contributed by atoms with Crippen LogP contribution in [0.5, 0.6) is 0 Å². The maximum Gasteiger partial charge on any atom is 0.123 e. The van der Waals surface area contributed by atoms with Crippen molar-refractivity contribution in [2.75, 3.05) is 0 Å². The maximum atomic E-state index is 14.9. The summed E-state index contributed by atoms with van der Waals surface area (Å²) < 4.78 is 29.5. The summed E-state index contributed by atoms with van der Waals surface area (Å²) in [5.41, 5.74) is 25.3. The fourth-order valence-electron chi connectivity index (χ4n) is 14.7. The molecule has 2 unspecified atom stereocenters. The zero-order valence-electron chi connectivity index (χ0n) is 42.2. The molecule has 0 saturated carbocycles. The third-order valence-corrected chi connectivity index (χ3v) is 17.7. The molecule has 13 aromatic carbocycles. The van der Waals surface area contributed by atoms with E-state index in [1.165, 1.54) is 127 Å². The van der Waals surface area contributed by atoms with Crippen molar-refractivity contribution in [3.8, 4) is 89.0 Å². The van der Waals surface area contributed by atoms with Gasteiger partial charge < -0.3 is 0 Å². The number of allylic oxidation sites excluding steroid dienone is 3. The van der Waals surface area contributed by atoms with Gasteiger partial charge in [0.1, 0.15) is 11.6 Å². The number of halogens is 2. The molecular formula is C76H44F2. The zero-order chi connectivity index (χ0) is 51.3. The van der Waals surface area contributed by atoms with Crippen molar-refractivity contribution in [2.24, 2.45) is 0 Å². The Hall–Kier alpha value is -9.76. The molecular weight excluding hydrogens is 951 g/mol. The highest BCUT2D eigenvalue weighted by atomic mass is 19.1. The second-order valence-corrected chi connectivity index (χ2v) is 21.4. The molecule has 4 aliphatic carbocycles. The summed E-state index contributed by atoms with van der Waals surface area (Å²) in [4.78, 5) is 0. The summed E-state index contributed by atoms with van der Waals surface area (Å²) in [5.74, 6) is -0.497. The SMILES string of the molecule is Fc1ccc(-c2ccccc2-c2c3c(c(-c4ccc(F)cc4)c4ccccc24)C2=CC=c4c5c(c6ccc7c8c(ccc4c68)-c4c-7c(-c6ccccc6)c6ccccc6c4-c4ccccc4-c4ccccc4)C=CC3C25)cc1. The Bertz CT molecular complexity index is 4890. The quantitative estimate of drug-likeness (QED) is 0.156. The van der Waals surface area contributed by atoms with Crippen LogP contribution in [0.4, 0.5) is 8.78 Å². The van der Waals surface area contributed by atoms with Crippen molar-refractivity contribution in [3.63, 3.8) is 0 Å². The minimum absolute atomic E-state index is 0.00240. The molecule has 13 aromatic rings. The Morgan fingerprint density at radius 1 is 0.282 bits per heavy atom. The van der Waals surface area contributed by atoms with Crippen LogP contribution >= 0.6 is 0 Å². The van der Waals surface area contributed by atoms with Gasteiger partial charge in [-0.25, -0.2) is 8.78 Å². The van der Waals surface area contributed by atoms with Gasteiger partial charge in [-0.1, -0.05) is 231 Å². The van der Waals surface area contributed by atoms with Gasteiger partial charge in [0.15, 0.2) is 0 Å². The third kappa shape index (κ3) is 5.92. The summed E-state index contributed by atoms with van der Waals surface area (Å²) in [6, 6.07) is 80.8. The molecule has 4 aliphatic rings. The maximum absolute atomic E-state index is 14.9. The standard InChI is InChI=1S/C76H44F2/c77-47-31-27-44(28-32-47)50-20-8-10-22-52(50)70-56-26-14-12-24-54(56)66(46-29-33-48(78)34-30-46)74-62-40-36-58-59-37-41-63-71-61(39-35-57(67(59)71)60-38-42-64(76(70)74)72(62)68(58)60)73-65(45-17-5-2-6-18-45)53-23-11-13-25-55(53)69(75(63)73)51-21-9-7-19-49(51)43-15-3-1-4-16-43/h1-42,64,72H. The Balaban J connectivity index is 0.960. The molecule has 2 atom stereocenters. The van der Waals surface area contributed by atoms with Crippen LogP contribution in [0.25, 0.3) is 150 Å². The number of hydrogen-bond donors (Lipinski definition) is 0. The van der Waals surface area contributed by atoms with Crippen molar-refractivity contribution in [2.45, 2.75) is 11.8 Å². The molecule has 2 heteroatoms. The van der Waals surface area contributed by atoms with Crippen LogP contribution in [-0.4, -0.2) is 0 Å². The molecule has 0 nitrogen and oxygen atoms in total. The van der Waals surface area contributed by atoms with Crippen molar-refractivity contribution in [1.29, 1.82) is 0 Å². The zero-order valence-corrected chi connectivity index (χ0v) is 42.2. The Kier molecular flexibility index (Phi) is 9.13. The van der Waals surface area contributed by atoms with Crippen LogP contribution in [0.2, 0.25) is 0 Å². The normalized spacial score (nSPS) is 15.2. The molecule has 0 bridgehead atoms. The van der Waals surface area contributed by atoms with Crippen molar-refractivity contribution < 1.29 is 8.78 Å². The summed E-state index contributed by atoms with van der Waals surface area (Å²) in [7, 11) is 0. The average molecular weight is 995 g/mol. The Labute approximate surface area is 449 Å². The van der Waals surface area contributed by atoms with Crippen LogP contribution in [0.3, 0.4) is 0 Å². The van der Waals surface area contributed by atoms with Crippen LogP contribution < -0.4 is 5.22 Å². The molecule has 0 radical (unpaired) electrons. The van der Waals surface area contributed by atoms with E-state index < -0.39 is 0 Å². The number of benzene rings is 13. The first-order valence-electron chi connectivity index (χ1n) is 27.0. The molecule has 17 rings (SSSR count). The van der Waals surface area contributed by atoms with E-state index >= 15 is 0 Å². The van der Waals surface area contributed by atoms with Gasteiger partial charge in [-0.3, -0.25) is 0 Å². The van der Waals surface area contributed by atoms with Gasteiger partial charge in [0.2, 0.25) is 0 Å². The molecule has 0 aromatic heterocycles. The molecule has 0 N–H and O–H groups in total. The van der Waals surface area contributed by atoms with Crippen LogP contribution in [0, 0.1) is 11.6 Å². The van der Waals surface area contributed by atoms with Gasteiger partial charge in [-0.05, 0) is 189 Å². The smallest absolute Gasteiger partial charge is 0.123 e. The Morgan fingerprint density at radius 3 is 1.37 bits per heavy atom. The predicted octanol–water partition coefficient (Wildman–Crippen LogP) is 20.0. The van der Waals surface area contributed by atoms with E-state index in [0.717, 1.165) is 38.6 Å². The molecule has 0 amide bonds. The molecule has 0 spiro atoms. The van der Waals surface area contributed by atoms with E-state index in [2.05, 4.69) is 206 Å². The third-order valence-electron chi connectivity index (χ3n) is 17.7. The van der Waals surface area contributed by atoms with Gasteiger partial charge in [0.25, 0.3) is 0 Å². The van der Waals surface area contributed by atoms with Gasteiger partial charge in [-0.2, -0.15) is 0 Å². The van der Waals surface area contributed by atoms with E-state index in [4.69, 9.17) is 0 Å². The highest BCUT2D eigenvalue weighted by Gasteiger charge is 2.45. The molecule has 0 heterocycles. The van der Waals surface area contributed by atoms with E-state index in [1.807, 2.05) is 24.3 Å². The first-order valence-corrected chi connectivity index (χ1v) is 27.0. The largest absolute Gasteiger partial charge is 0.207 e. The van der Waals surface area contributed by atoms with Crippen molar-refractivity contribution >= 4 is 60.8 Å². The average Bonchev–Trinajstić information content (AvgIpc) is 4.16. The minimum atomic E-state index is -0.259. The Morgan fingerprint density at radius 2 is 0.744 bits per heavy atom. The summed E-state index contributed by atoms with van der Waals surface area (Å²) in [6.45, 7) is 0. The van der Waals surface area contributed by atoms with Crippen molar-refractivity contribution in [1.82, 2.24) is 0 Å². The summed E-state index contributed by atoms with van der Waals surface area (Å²) in [6.07, 6.45) is 9.74. The summed E-state index contributed by atoms with van der Waals surface area (Å²) >= 11 is 0. The monoisotopic (exact) mass is 994 g/mol. The number of fused-ring (bicyclic) bond motifs is 10. The molecule has 0 saturated heterocycles. The van der Waals surface area contributed by atoms with Gasteiger partial charge >= 0.3 is 0 Å². The first kappa shape index (κ1) is 43.5. The number of hydrogen-bond acceptors (Lipinski definition) is 0. The number of rotatable bonds is 6. The minimum Gasteiger partial charge on any atom is -0.207 e. The van der Waals surface area contributed by atoms with E-state index in [1.54, 1.807) is 24.3 Å². The summed E-state index contributed by atoms with van der Waals surface area (Å²) in [5, 5.41) is 11.1. The van der Waals surface area contributed by atoms with Crippen molar-refractivity contribution in [3.05, 3.63) is 282 Å². The van der Waals surface area contributed by atoms with Gasteiger partial charge in [0, 0.05) is 11.8 Å². The fourth-order valence-corrected chi connectivity index (χ4v) is 14.7. The predicted molar refractivity (Wildman–Crippen MR) is 322 cm³/mol. The van der Waals surface area contributed by atoms with Gasteiger partial charge in [0.05, 0.1) is 0 Å². The lowest BCUT2D eigenvalue weighted by Crippen LogP contribution is -2.23. The molecule has 78 heavy (non-hydrogen) atoms. The first-order chi connectivity index (χ1) is 38.6.